The van der Waals surface area contributed by atoms with Crippen molar-refractivity contribution in [3.63, 3.8) is 0 Å². The molecule has 2 aromatic carbocycles. The van der Waals surface area contributed by atoms with Crippen LogP contribution in [0.4, 0.5) is 0 Å². The monoisotopic (exact) mass is 330 g/mol. The molecule has 1 aliphatic carbocycles. The molecule has 0 bridgehead atoms. The van der Waals surface area contributed by atoms with Gasteiger partial charge in [0.15, 0.2) is 23.0 Å². The van der Waals surface area contributed by atoms with Crippen molar-refractivity contribution in [1.82, 2.24) is 0 Å². The maximum absolute atomic E-state index is 9.98. The normalized spacial score (nSPS) is 18.8. The van der Waals surface area contributed by atoms with Crippen molar-refractivity contribution in [2.75, 3.05) is 28.4 Å². The van der Waals surface area contributed by atoms with E-state index in [2.05, 4.69) is 0 Å². The molecule has 0 amide bonds. The number of hydrogen-bond donors (Lipinski definition) is 1. The SMILES string of the molecule is COc1ccc([C@H]2C[C@H]2c2cc(OC)c(OC)c(OC)c2)cc1O. The lowest BCUT2D eigenvalue weighted by molar-refractivity contribution is 0.324. The van der Waals surface area contributed by atoms with Gasteiger partial charge in [0, 0.05) is 0 Å². The van der Waals surface area contributed by atoms with Crippen LogP contribution in [0.1, 0.15) is 29.4 Å². The minimum absolute atomic E-state index is 0.172. The van der Waals surface area contributed by atoms with Crippen molar-refractivity contribution in [2.24, 2.45) is 0 Å². The van der Waals surface area contributed by atoms with E-state index < -0.39 is 0 Å². The highest BCUT2D eigenvalue weighted by molar-refractivity contribution is 5.56. The van der Waals surface area contributed by atoms with Gasteiger partial charge in [-0.25, -0.2) is 0 Å². The summed E-state index contributed by atoms with van der Waals surface area (Å²) in [6, 6.07) is 9.57. The smallest absolute Gasteiger partial charge is 0.203 e. The van der Waals surface area contributed by atoms with Gasteiger partial charge in [-0.2, -0.15) is 0 Å². The molecular formula is C19H22O5. The van der Waals surface area contributed by atoms with E-state index in [4.69, 9.17) is 18.9 Å². The zero-order chi connectivity index (χ0) is 17.3. The molecule has 5 nitrogen and oxygen atoms in total. The number of rotatable bonds is 6. The van der Waals surface area contributed by atoms with Crippen molar-refractivity contribution in [2.45, 2.75) is 18.3 Å². The number of ether oxygens (including phenoxy) is 4. The lowest BCUT2D eigenvalue weighted by Crippen LogP contribution is -1.97. The summed E-state index contributed by atoms with van der Waals surface area (Å²) in [5.74, 6) is 3.32. The third-order valence-electron chi connectivity index (χ3n) is 4.54. The summed E-state index contributed by atoms with van der Waals surface area (Å²) in [4.78, 5) is 0. The van der Waals surface area contributed by atoms with Gasteiger partial charge >= 0.3 is 0 Å². The first-order chi connectivity index (χ1) is 11.6. The molecule has 1 fully saturated rings. The van der Waals surface area contributed by atoms with Crippen molar-refractivity contribution in [3.05, 3.63) is 41.5 Å². The van der Waals surface area contributed by atoms with Gasteiger partial charge in [-0.1, -0.05) is 6.07 Å². The summed E-state index contributed by atoms with van der Waals surface area (Å²) in [5.41, 5.74) is 2.25. The molecule has 3 rings (SSSR count). The molecule has 2 atom stereocenters. The largest absolute Gasteiger partial charge is 0.504 e. The Morgan fingerprint density at radius 2 is 1.33 bits per heavy atom. The summed E-state index contributed by atoms with van der Waals surface area (Å²) in [5, 5.41) is 9.98. The van der Waals surface area contributed by atoms with Crippen molar-refractivity contribution in [1.29, 1.82) is 0 Å². The maximum atomic E-state index is 9.98. The van der Waals surface area contributed by atoms with Crippen molar-refractivity contribution >= 4 is 0 Å². The number of hydrogen-bond acceptors (Lipinski definition) is 5. The van der Waals surface area contributed by atoms with Gasteiger partial charge in [0.2, 0.25) is 5.75 Å². The summed E-state index contributed by atoms with van der Waals surface area (Å²) in [6.07, 6.45) is 1.02. The molecule has 0 aliphatic heterocycles. The van der Waals surface area contributed by atoms with Crippen LogP contribution in [0.25, 0.3) is 0 Å². The van der Waals surface area contributed by atoms with E-state index in [0.29, 0.717) is 34.8 Å². The first kappa shape index (κ1) is 16.3. The second-order valence-electron chi connectivity index (χ2n) is 5.84. The predicted octanol–water partition coefficient (Wildman–Crippen LogP) is 3.70. The summed E-state index contributed by atoms with van der Waals surface area (Å²) in [7, 11) is 6.38. The van der Waals surface area contributed by atoms with Gasteiger partial charge in [0.1, 0.15) is 0 Å². The van der Waals surface area contributed by atoms with Crippen LogP contribution < -0.4 is 18.9 Å². The zero-order valence-corrected chi connectivity index (χ0v) is 14.3. The molecule has 128 valence electrons. The topological polar surface area (TPSA) is 57.2 Å². The van der Waals surface area contributed by atoms with Gasteiger partial charge in [-0.3, -0.25) is 0 Å². The molecule has 2 aromatic rings. The summed E-state index contributed by atoms with van der Waals surface area (Å²) < 4.78 is 21.3. The van der Waals surface area contributed by atoms with Gasteiger partial charge in [0.05, 0.1) is 28.4 Å². The Kier molecular flexibility index (Phi) is 4.42. The van der Waals surface area contributed by atoms with E-state index in [9.17, 15) is 5.11 Å². The van der Waals surface area contributed by atoms with Crippen molar-refractivity contribution in [3.8, 4) is 28.7 Å². The van der Waals surface area contributed by atoms with Gasteiger partial charge in [-0.05, 0) is 53.6 Å². The number of phenols is 1. The molecule has 0 saturated heterocycles. The van der Waals surface area contributed by atoms with E-state index >= 15 is 0 Å². The van der Waals surface area contributed by atoms with E-state index in [1.165, 1.54) is 0 Å². The summed E-state index contributed by atoms with van der Waals surface area (Å²) in [6.45, 7) is 0. The average Bonchev–Trinajstić information content (AvgIpc) is 3.41. The first-order valence-corrected chi connectivity index (χ1v) is 7.79. The third kappa shape index (κ3) is 2.82. The Labute approximate surface area is 141 Å². The molecule has 1 saturated carbocycles. The second kappa shape index (κ2) is 6.51. The van der Waals surface area contributed by atoms with Crippen LogP contribution in [0.3, 0.4) is 0 Å². The van der Waals surface area contributed by atoms with Crippen LogP contribution in [0.5, 0.6) is 28.7 Å². The Morgan fingerprint density at radius 3 is 1.83 bits per heavy atom. The van der Waals surface area contributed by atoms with Gasteiger partial charge in [0.25, 0.3) is 0 Å². The molecule has 1 N–H and O–H groups in total. The highest BCUT2D eigenvalue weighted by Crippen LogP contribution is 2.57. The molecule has 5 heteroatoms. The Bertz CT molecular complexity index is 716. The van der Waals surface area contributed by atoms with Gasteiger partial charge < -0.3 is 24.1 Å². The lowest BCUT2D eigenvalue weighted by atomic mass is 10.0. The molecular weight excluding hydrogens is 308 g/mol. The molecule has 0 spiro atoms. The molecule has 24 heavy (non-hydrogen) atoms. The third-order valence-corrected chi connectivity index (χ3v) is 4.54. The fourth-order valence-corrected chi connectivity index (χ4v) is 3.18. The summed E-state index contributed by atoms with van der Waals surface area (Å²) >= 11 is 0. The van der Waals surface area contributed by atoms with Crippen molar-refractivity contribution < 1.29 is 24.1 Å². The fourth-order valence-electron chi connectivity index (χ4n) is 3.18. The van der Waals surface area contributed by atoms with E-state index in [-0.39, 0.29) is 5.75 Å². The predicted molar refractivity (Wildman–Crippen MR) is 90.9 cm³/mol. The molecule has 0 radical (unpaired) electrons. The van der Waals surface area contributed by atoms with E-state index in [1.54, 1.807) is 40.6 Å². The standard InChI is InChI=1S/C19H22O5/c1-21-16-6-5-11(7-15(16)20)13-10-14(13)12-8-17(22-2)19(24-4)18(9-12)23-3/h5-9,13-14,20H,10H2,1-4H3/t13-,14+/m1/s1. The second-order valence-corrected chi connectivity index (χ2v) is 5.84. The average molecular weight is 330 g/mol. The van der Waals surface area contributed by atoms with E-state index in [0.717, 1.165) is 17.5 Å². The fraction of sp³-hybridized carbons (Fsp3) is 0.368. The van der Waals surface area contributed by atoms with E-state index in [1.807, 2.05) is 18.2 Å². The zero-order valence-electron chi connectivity index (χ0n) is 14.3. The molecule has 1 aliphatic rings. The molecule has 0 heterocycles. The Balaban J connectivity index is 1.88. The van der Waals surface area contributed by atoms with Gasteiger partial charge in [-0.15, -0.1) is 0 Å². The number of benzene rings is 2. The van der Waals surface area contributed by atoms with Crippen LogP contribution in [0, 0.1) is 0 Å². The molecule has 0 unspecified atom stereocenters. The highest BCUT2D eigenvalue weighted by Gasteiger charge is 2.40. The van der Waals surface area contributed by atoms with Crippen LogP contribution in [0.15, 0.2) is 30.3 Å². The first-order valence-electron chi connectivity index (χ1n) is 7.79. The van der Waals surface area contributed by atoms with Crippen LogP contribution in [-0.4, -0.2) is 33.5 Å². The minimum Gasteiger partial charge on any atom is -0.504 e. The number of methoxy groups -OCH3 is 4. The van der Waals surface area contributed by atoms with Crippen LogP contribution >= 0.6 is 0 Å². The number of phenolic OH excluding ortho intramolecular Hbond substituents is 1. The quantitative estimate of drug-likeness (QED) is 0.875. The Hall–Kier alpha value is -2.56. The molecule has 0 aromatic heterocycles. The van der Waals surface area contributed by atoms with Crippen LogP contribution in [0.2, 0.25) is 0 Å². The highest BCUT2D eigenvalue weighted by atomic mass is 16.5. The number of aromatic hydroxyl groups is 1. The Morgan fingerprint density at radius 1 is 0.750 bits per heavy atom. The minimum atomic E-state index is 0.172. The van der Waals surface area contributed by atoms with Crippen LogP contribution in [-0.2, 0) is 0 Å². The lowest BCUT2D eigenvalue weighted by Gasteiger charge is -2.14. The maximum Gasteiger partial charge on any atom is 0.203 e.